The van der Waals surface area contributed by atoms with Gasteiger partial charge in [-0.1, -0.05) is 6.08 Å². The maximum absolute atomic E-state index is 5.43. The van der Waals surface area contributed by atoms with E-state index in [1.54, 1.807) is 7.11 Å². The molecule has 1 heterocycles. The molecule has 0 bridgehead atoms. The first-order valence-electron chi connectivity index (χ1n) is 6.62. The van der Waals surface area contributed by atoms with E-state index in [1.165, 1.54) is 22.3 Å². The zero-order valence-corrected chi connectivity index (χ0v) is 12.4. The van der Waals surface area contributed by atoms with Gasteiger partial charge in [-0.25, -0.2) is 0 Å². The van der Waals surface area contributed by atoms with Crippen molar-refractivity contribution in [2.45, 2.75) is 33.6 Å². The van der Waals surface area contributed by atoms with E-state index in [0.29, 0.717) is 0 Å². The minimum atomic E-state index is 0.918. The van der Waals surface area contributed by atoms with Gasteiger partial charge in [0.2, 0.25) is 0 Å². The molecule has 102 valence electrons. The van der Waals surface area contributed by atoms with Crippen LogP contribution in [0.4, 0.5) is 0 Å². The highest BCUT2D eigenvalue weighted by molar-refractivity contribution is 6.03. The zero-order valence-electron chi connectivity index (χ0n) is 12.4. The van der Waals surface area contributed by atoms with Gasteiger partial charge >= 0.3 is 0 Å². The standard InChI is InChI=1S/C16H22N2O/c1-11-8-15(17-18(4)10-11)14-7-6-12(2)16(19-5)9-13(14)3/h6,9-10H,7-8H2,1-5H3. The van der Waals surface area contributed by atoms with Gasteiger partial charge in [0, 0.05) is 19.7 Å². The molecule has 0 saturated carbocycles. The summed E-state index contributed by atoms with van der Waals surface area (Å²) in [5.74, 6) is 0.949. The molecule has 0 unspecified atom stereocenters. The third kappa shape index (κ3) is 2.98. The van der Waals surface area contributed by atoms with Crippen molar-refractivity contribution in [3.63, 3.8) is 0 Å². The largest absolute Gasteiger partial charge is 0.496 e. The van der Waals surface area contributed by atoms with E-state index >= 15 is 0 Å². The normalized spacial score (nSPS) is 20.4. The Labute approximate surface area is 115 Å². The Balaban J connectivity index is 2.38. The highest BCUT2D eigenvalue weighted by Gasteiger charge is 2.17. The summed E-state index contributed by atoms with van der Waals surface area (Å²) in [6, 6.07) is 0. The molecule has 0 N–H and O–H groups in total. The molecule has 19 heavy (non-hydrogen) atoms. The summed E-state index contributed by atoms with van der Waals surface area (Å²) in [6.07, 6.45) is 8.26. The average Bonchev–Trinajstić information content (AvgIpc) is 2.47. The molecule has 2 aliphatic rings. The van der Waals surface area contributed by atoms with Gasteiger partial charge < -0.3 is 4.74 Å². The second-order valence-corrected chi connectivity index (χ2v) is 5.24. The minimum absolute atomic E-state index is 0.918. The Morgan fingerprint density at radius 3 is 2.63 bits per heavy atom. The zero-order chi connectivity index (χ0) is 14.0. The number of nitrogens with zero attached hydrogens (tertiary/aromatic N) is 2. The van der Waals surface area contributed by atoms with Gasteiger partial charge in [0.15, 0.2) is 0 Å². The van der Waals surface area contributed by atoms with Gasteiger partial charge in [-0.3, -0.25) is 5.01 Å². The predicted octanol–water partition coefficient (Wildman–Crippen LogP) is 3.78. The fourth-order valence-electron chi connectivity index (χ4n) is 2.53. The van der Waals surface area contributed by atoms with Crippen LogP contribution in [0.1, 0.15) is 33.6 Å². The number of methoxy groups -OCH3 is 1. The van der Waals surface area contributed by atoms with Gasteiger partial charge in [0.05, 0.1) is 12.8 Å². The summed E-state index contributed by atoms with van der Waals surface area (Å²) < 4.78 is 5.43. The Hall–Kier alpha value is -1.77. The van der Waals surface area contributed by atoms with E-state index in [1.807, 2.05) is 12.1 Å². The fraction of sp³-hybridized carbons (Fsp3) is 0.438. The second-order valence-electron chi connectivity index (χ2n) is 5.24. The summed E-state index contributed by atoms with van der Waals surface area (Å²) in [7, 11) is 3.70. The van der Waals surface area contributed by atoms with E-state index in [-0.39, 0.29) is 0 Å². The minimum Gasteiger partial charge on any atom is -0.496 e. The maximum atomic E-state index is 5.43. The van der Waals surface area contributed by atoms with Crippen LogP contribution in [0.2, 0.25) is 0 Å². The summed E-state index contributed by atoms with van der Waals surface area (Å²) in [5, 5.41) is 6.54. The number of hydrazone groups is 1. The van der Waals surface area contributed by atoms with Gasteiger partial charge in [-0.15, -0.1) is 0 Å². The van der Waals surface area contributed by atoms with Crippen LogP contribution in [-0.4, -0.2) is 24.9 Å². The molecule has 0 spiro atoms. The van der Waals surface area contributed by atoms with E-state index in [0.717, 1.165) is 24.3 Å². The van der Waals surface area contributed by atoms with Crippen molar-refractivity contribution < 1.29 is 4.74 Å². The van der Waals surface area contributed by atoms with E-state index in [4.69, 9.17) is 4.74 Å². The first-order valence-corrected chi connectivity index (χ1v) is 6.62. The van der Waals surface area contributed by atoms with Crippen LogP contribution in [0.15, 0.2) is 51.5 Å². The van der Waals surface area contributed by atoms with Crippen molar-refractivity contribution in [2.75, 3.05) is 14.2 Å². The van der Waals surface area contributed by atoms with Crippen LogP contribution in [0.3, 0.4) is 0 Å². The van der Waals surface area contributed by atoms with Gasteiger partial charge in [-0.05, 0) is 55.6 Å². The molecule has 3 nitrogen and oxygen atoms in total. The Morgan fingerprint density at radius 1 is 1.26 bits per heavy atom. The van der Waals surface area contributed by atoms with Gasteiger partial charge in [-0.2, -0.15) is 5.10 Å². The van der Waals surface area contributed by atoms with E-state index < -0.39 is 0 Å². The lowest BCUT2D eigenvalue weighted by atomic mass is 9.96. The summed E-state index contributed by atoms with van der Waals surface area (Å²) in [6.45, 7) is 6.37. The fourth-order valence-corrected chi connectivity index (χ4v) is 2.53. The first-order chi connectivity index (χ1) is 9.01. The highest BCUT2D eigenvalue weighted by Crippen LogP contribution is 2.27. The molecule has 1 aliphatic carbocycles. The molecule has 0 aromatic heterocycles. The predicted molar refractivity (Wildman–Crippen MR) is 79.7 cm³/mol. The van der Waals surface area contributed by atoms with Crippen molar-refractivity contribution in [3.8, 4) is 0 Å². The van der Waals surface area contributed by atoms with E-state index in [9.17, 15) is 0 Å². The third-order valence-corrected chi connectivity index (χ3v) is 3.52. The van der Waals surface area contributed by atoms with Crippen LogP contribution in [0, 0.1) is 0 Å². The van der Waals surface area contributed by atoms with Crippen LogP contribution in [-0.2, 0) is 4.74 Å². The molecule has 0 amide bonds. The smallest absolute Gasteiger partial charge is 0.121 e. The quantitative estimate of drug-likeness (QED) is 0.753. The topological polar surface area (TPSA) is 24.8 Å². The number of hydrogen-bond donors (Lipinski definition) is 0. The molecule has 0 fully saturated rings. The lowest BCUT2D eigenvalue weighted by Crippen LogP contribution is -2.17. The van der Waals surface area contributed by atoms with Crippen molar-refractivity contribution in [2.24, 2.45) is 5.10 Å². The van der Waals surface area contributed by atoms with Crippen molar-refractivity contribution in [1.29, 1.82) is 0 Å². The molecule has 0 atom stereocenters. The Morgan fingerprint density at radius 2 is 2.00 bits per heavy atom. The van der Waals surface area contributed by atoms with E-state index in [2.05, 4.69) is 44.2 Å². The third-order valence-electron chi connectivity index (χ3n) is 3.52. The summed E-state index contributed by atoms with van der Waals surface area (Å²) >= 11 is 0. The summed E-state index contributed by atoms with van der Waals surface area (Å²) in [4.78, 5) is 0. The highest BCUT2D eigenvalue weighted by atomic mass is 16.5. The number of ether oxygens (including phenoxy) is 1. The first kappa shape index (κ1) is 13.7. The number of rotatable bonds is 2. The second kappa shape index (κ2) is 5.47. The molecule has 3 heteroatoms. The molecular weight excluding hydrogens is 236 g/mol. The van der Waals surface area contributed by atoms with Gasteiger partial charge in [0.25, 0.3) is 0 Å². The molecule has 2 rings (SSSR count). The molecule has 0 radical (unpaired) electrons. The maximum Gasteiger partial charge on any atom is 0.121 e. The Bertz CT molecular complexity index is 533. The molecule has 0 aromatic carbocycles. The van der Waals surface area contributed by atoms with Crippen LogP contribution in [0.5, 0.6) is 0 Å². The van der Waals surface area contributed by atoms with Crippen LogP contribution in [0.25, 0.3) is 0 Å². The van der Waals surface area contributed by atoms with Gasteiger partial charge in [0.1, 0.15) is 5.76 Å². The average molecular weight is 258 g/mol. The van der Waals surface area contributed by atoms with Crippen molar-refractivity contribution >= 4 is 5.71 Å². The molecule has 0 saturated heterocycles. The molecular formula is C16H22N2O. The monoisotopic (exact) mass is 258 g/mol. The van der Waals surface area contributed by atoms with Crippen molar-refractivity contribution in [1.82, 2.24) is 5.01 Å². The molecule has 1 aliphatic heterocycles. The summed E-state index contributed by atoms with van der Waals surface area (Å²) in [5.41, 5.74) is 6.25. The SMILES string of the molecule is COC1=CC(C)=C(C2=NN(C)C=C(C)C2)CC=C1C. The molecule has 0 aromatic rings. The van der Waals surface area contributed by atoms with Crippen LogP contribution < -0.4 is 0 Å². The Kier molecular flexibility index (Phi) is 3.93. The van der Waals surface area contributed by atoms with Crippen LogP contribution >= 0.6 is 0 Å². The lowest BCUT2D eigenvalue weighted by molar-refractivity contribution is 0.300. The van der Waals surface area contributed by atoms with Crippen molar-refractivity contribution in [3.05, 3.63) is 46.4 Å². The lowest BCUT2D eigenvalue weighted by Gasteiger charge is -2.21. The number of hydrogen-bond acceptors (Lipinski definition) is 3. The number of allylic oxidation sites excluding steroid dienone is 6.